The highest BCUT2D eigenvalue weighted by molar-refractivity contribution is 7.07. The topological polar surface area (TPSA) is 40.5 Å². The van der Waals surface area contributed by atoms with Gasteiger partial charge < -0.3 is 10.0 Å². The minimum Gasteiger partial charge on any atom is -0.394 e. The Morgan fingerprint density at radius 2 is 2.05 bits per heavy atom. The van der Waals surface area contributed by atoms with Gasteiger partial charge in [-0.05, 0) is 47.2 Å². The maximum Gasteiger partial charge on any atom is 0.227 e. The molecule has 1 atom stereocenters. The third-order valence-electron chi connectivity index (χ3n) is 4.50. The van der Waals surface area contributed by atoms with Crippen molar-refractivity contribution in [3.63, 3.8) is 0 Å². The first-order valence-corrected chi connectivity index (χ1v) is 8.64. The number of carbonyl (C=O) groups is 1. The van der Waals surface area contributed by atoms with Gasteiger partial charge in [-0.25, -0.2) is 0 Å². The molecule has 0 radical (unpaired) electrons. The van der Waals surface area contributed by atoms with Crippen molar-refractivity contribution in [2.24, 2.45) is 0 Å². The summed E-state index contributed by atoms with van der Waals surface area (Å²) in [5.41, 5.74) is 1.80. The van der Waals surface area contributed by atoms with E-state index in [0.29, 0.717) is 6.42 Å². The third kappa shape index (κ3) is 3.08. The number of nitrogens with zero attached hydrogens (tertiary/aromatic N) is 1. The molecule has 1 amide bonds. The largest absolute Gasteiger partial charge is 0.394 e. The molecule has 0 spiro atoms. The van der Waals surface area contributed by atoms with Crippen LogP contribution in [0.2, 0.25) is 0 Å². The number of aliphatic hydroxyl groups excluding tert-OH is 1. The zero-order valence-corrected chi connectivity index (χ0v) is 13.4. The molecule has 4 heteroatoms. The number of carbonyl (C=O) groups excluding carboxylic acids is 1. The van der Waals surface area contributed by atoms with E-state index in [-0.39, 0.29) is 12.5 Å². The zero-order chi connectivity index (χ0) is 15.4. The molecule has 1 N–H and O–H groups in total. The minimum absolute atomic E-state index is 0.0251. The van der Waals surface area contributed by atoms with Crippen LogP contribution in [0.25, 0.3) is 0 Å². The van der Waals surface area contributed by atoms with Gasteiger partial charge in [-0.2, -0.15) is 11.3 Å². The molecule has 0 bridgehead atoms. The Bertz CT molecular complexity index is 611. The van der Waals surface area contributed by atoms with Crippen LogP contribution in [-0.4, -0.2) is 34.6 Å². The van der Waals surface area contributed by atoms with E-state index in [1.165, 1.54) is 5.56 Å². The van der Waals surface area contributed by atoms with Crippen molar-refractivity contribution in [3.05, 3.63) is 58.3 Å². The highest BCUT2D eigenvalue weighted by Crippen LogP contribution is 2.33. The Kier molecular flexibility index (Phi) is 4.60. The first-order chi connectivity index (χ1) is 10.7. The second kappa shape index (κ2) is 6.63. The number of thiophene rings is 1. The van der Waals surface area contributed by atoms with Gasteiger partial charge in [0.1, 0.15) is 0 Å². The minimum atomic E-state index is -0.436. The molecule has 22 heavy (non-hydrogen) atoms. The molecule has 2 aromatic rings. The average Bonchev–Trinajstić information content (AvgIpc) is 3.18. The smallest absolute Gasteiger partial charge is 0.227 e. The number of rotatable bonds is 5. The molecule has 1 aromatic carbocycles. The van der Waals surface area contributed by atoms with Gasteiger partial charge >= 0.3 is 0 Å². The summed E-state index contributed by atoms with van der Waals surface area (Å²) >= 11 is 1.61. The van der Waals surface area contributed by atoms with Gasteiger partial charge in [0, 0.05) is 6.54 Å². The molecule has 0 unspecified atom stereocenters. The molecule has 1 fully saturated rings. The van der Waals surface area contributed by atoms with Gasteiger partial charge in [-0.15, -0.1) is 0 Å². The van der Waals surface area contributed by atoms with Crippen LogP contribution >= 0.6 is 11.3 Å². The van der Waals surface area contributed by atoms with E-state index in [1.54, 1.807) is 11.3 Å². The highest BCUT2D eigenvalue weighted by Gasteiger charge is 2.42. The molecule has 1 saturated heterocycles. The molecule has 3 rings (SSSR count). The molecule has 116 valence electrons. The van der Waals surface area contributed by atoms with E-state index in [2.05, 4.69) is 12.1 Å². The van der Waals surface area contributed by atoms with Crippen LogP contribution in [0.1, 0.15) is 24.0 Å². The van der Waals surface area contributed by atoms with Crippen molar-refractivity contribution < 1.29 is 9.90 Å². The normalized spacial score (nSPS) is 21.2. The first-order valence-electron chi connectivity index (χ1n) is 7.70. The SMILES string of the molecule is O=C(Cc1ccsc1)N1CCC[C@]1(CO)Cc1ccccc1. The lowest BCUT2D eigenvalue weighted by Gasteiger charge is -2.37. The summed E-state index contributed by atoms with van der Waals surface area (Å²) < 4.78 is 0. The summed E-state index contributed by atoms with van der Waals surface area (Å²) in [5.74, 6) is 0.126. The van der Waals surface area contributed by atoms with Crippen LogP contribution in [0, 0.1) is 0 Å². The Labute approximate surface area is 135 Å². The van der Waals surface area contributed by atoms with Crippen LogP contribution < -0.4 is 0 Å². The predicted octanol–water partition coefficient (Wildman–Crippen LogP) is 2.89. The molecule has 1 aliphatic heterocycles. The number of likely N-dealkylation sites (tertiary alicyclic amines) is 1. The lowest BCUT2D eigenvalue weighted by Crippen LogP contribution is -2.52. The Balaban J connectivity index is 1.78. The molecule has 0 saturated carbocycles. The van der Waals surface area contributed by atoms with Crippen LogP contribution in [0.3, 0.4) is 0 Å². The number of hydrogen-bond donors (Lipinski definition) is 1. The first kappa shape index (κ1) is 15.3. The van der Waals surface area contributed by atoms with E-state index in [4.69, 9.17) is 0 Å². The monoisotopic (exact) mass is 315 g/mol. The molecule has 3 nitrogen and oxygen atoms in total. The fraction of sp³-hybridized carbons (Fsp3) is 0.389. The Morgan fingerprint density at radius 1 is 1.23 bits per heavy atom. The molecule has 0 aliphatic carbocycles. The van der Waals surface area contributed by atoms with Crippen LogP contribution in [0.15, 0.2) is 47.2 Å². The predicted molar refractivity (Wildman–Crippen MR) is 88.9 cm³/mol. The van der Waals surface area contributed by atoms with Gasteiger partial charge in [0.05, 0.1) is 18.6 Å². The van der Waals surface area contributed by atoms with Crippen LogP contribution in [-0.2, 0) is 17.6 Å². The summed E-state index contributed by atoms with van der Waals surface area (Å²) in [5, 5.41) is 14.0. The Morgan fingerprint density at radius 3 is 2.73 bits per heavy atom. The van der Waals surface area contributed by atoms with E-state index in [0.717, 1.165) is 31.4 Å². The number of aliphatic hydroxyl groups is 1. The molecular weight excluding hydrogens is 294 g/mol. The standard InChI is InChI=1S/C18H21NO2S/c20-14-18(12-15-5-2-1-3-6-15)8-4-9-19(18)17(21)11-16-7-10-22-13-16/h1-3,5-7,10,13,20H,4,8-9,11-12,14H2/t18-/m1/s1. The van der Waals surface area contributed by atoms with Gasteiger partial charge in [0.2, 0.25) is 5.91 Å². The molecule has 2 heterocycles. The van der Waals surface area contributed by atoms with Gasteiger partial charge in [0.15, 0.2) is 0 Å². The van der Waals surface area contributed by atoms with Gasteiger partial charge in [-0.1, -0.05) is 30.3 Å². The van der Waals surface area contributed by atoms with Crippen molar-refractivity contribution >= 4 is 17.2 Å². The van der Waals surface area contributed by atoms with Crippen LogP contribution in [0.5, 0.6) is 0 Å². The summed E-state index contributed by atoms with van der Waals surface area (Å²) in [6, 6.07) is 12.1. The molecule has 1 aromatic heterocycles. The number of amides is 1. The summed E-state index contributed by atoms with van der Waals surface area (Å²) in [4.78, 5) is 14.6. The number of benzene rings is 1. The van der Waals surface area contributed by atoms with Crippen molar-refractivity contribution in [1.29, 1.82) is 0 Å². The van der Waals surface area contributed by atoms with Crippen LogP contribution in [0.4, 0.5) is 0 Å². The number of hydrogen-bond acceptors (Lipinski definition) is 3. The second-order valence-electron chi connectivity index (χ2n) is 6.00. The fourth-order valence-corrected chi connectivity index (χ4v) is 4.04. The van der Waals surface area contributed by atoms with E-state index < -0.39 is 5.54 Å². The van der Waals surface area contributed by atoms with Crippen molar-refractivity contribution in [1.82, 2.24) is 4.90 Å². The van der Waals surface area contributed by atoms with Gasteiger partial charge in [0.25, 0.3) is 0 Å². The lowest BCUT2D eigenvalue weighted by molar-refractivity contribution is -0.136. The quantitative estimate of drug-likeness (QED) is 0.921. The highest BCUT2D eigenvalue weighted by atomic mass is 32.1. The zero-order valence-electron chi connectivity index (χ0n) is 12.6. The van der Waals surface area contributed by atoms with Gasteiger partial charge in [-0.3, -0.25) is 4.79 Å². The maximum absolute atomic E-state index is 12.7. The molecular formula is C18H21NO2S. The molecule has 1 aliphatic rings. The lowest BCUT2D eigenvalue weighted by atomic mass is 9.88. The van der Waals surface area contributed by atoms with Crippen molar-refractivity contribution in [2.45, 2.75) is 31.2 Å². The third-order valence-corrected chi connectivity index (χ3v) is 5.24. The summed E-state index contributed by atoms with van der Waals surface area (Å²) in [6.07, 6.45) is 2.98. The average molecular weight is 315 g/mol. The van der Waals surface area contributed by atoms with Crippen molar-refractivity contribution in [2.75, 3.05) is 13.2 Å². The fourth-order valence-electron chi connectivity index (χ4n) is 3.37. The maximum atomic E-state index is 12.7. The van der Waals surface area contributed by atoms with E-state index in [1.807, 2.05) is 39.9 Å². The van der Waals surface area contributed by atoms with E-state index in [9.17, 15) is 9.90 Å². The second-order valence-corrected chi connectivity index (χ2v) is 6.78. The summed E-state index contributed by atoms with van der Waals surface area (Å²) in [6.45, 7) is 0.771. The van der Waals surface area contributed by atoms with Crippen molar-refractivity contribution in [3.8, 4) is 0 Å². The summed E-state index contributed by atoms with van der Waals surface area (Å²) in [7, 11) is 0. The Hall–Kier alpha value is -1.65. The van der Waals surface area contributed by atoms with E-state index >= 15 is 0 Å².